The van der Waals surface area contributed by atoms with E-state index in [4.69, 9.17) is 9.47 Å². The van der Waals surface area contributed by atoms with Crippen LogP contribution in [0.2, 0.25) is 0 Å². The molecule has 0 saturated carbocycles. The number of benzene rings is 2. The number of halogens is 4. The summed E-state index contributed by atoms with van der Waals surface area (Å²) in [6, 6.07) is 10.3. The minimum atomic E-state index is -4.76. The Balaban J connectivity index is 1.73. The number of hydrogen-bond acceptors (Lipinski definition) is 2. The summed E-state index contributed by atoms with van der Waals surface area (Å²) in [5, 5.41) is 0. The minimum absolute atomic E-state index is 0.0187. The van der Waals surface area contributed by atoms with Crippen molar-refractivity contribution in [1.82, 2.24) is 0 Å². The molecule has 1 heterocycles. The smallest absolute Gasteiger partial charge is 0.419 e. The molecular formula is C26H30F4O2. The van der Waals surface area contributed by atoms with Crippen molar-refractivity contribution in [3.8, 4) is 5.75 Å². The summed E-state index contributed by atoms with van der Waals surface area (Å²) in [5.41, 5.74) is -0.179. The predicted molar refractivity (Wildman–Crippen MR) is 118 cm³/mol. The van der Waals surface area contributed by atoms with E-state index in [0.29, 0.717) is 25.9 Å². The number of hydrogen-bond donors (Lipinski definition) is 0. The summed E-state index contributed by atoms with van der Waals surface area (Å²) in [5.74, 6) is -0.891. The highest BCUT2D eigenvalue weighted by atomic mass is 19.4. The second-order valence-corrected chi connectivity index (χ2v) is 8.23. The van der Waals surface area contributed by atoms with Gasteiger partial charge in [-0.25, -0.2) is 4.39 Å². The monoisotopic (exact) mass is 450 g/mol. The molecule has 2 atom stereocenters. The average molecular weight is 451 g/mol. The standard InChI is InChI=1S/C26H30F4O2/c1-3-5-16-31-22-12-7-18(8-13-22)6-9-19-11-15-23(24(25(19)27)26(28,29)30)20-10-14-21(4-2)32-17-20/h4,7-8,11-13,15,20-21H,2-3,5-6,9-10,14,16-17H2,1H3. The molecule has 1 fully saturated rings. The van der Waals surface area contributed by atoms with Gasteiger partial charge in [-0.2, -0.15) is 13.2 Å². The van der Waals surface area contributed by atoms with Gasteiger partial charge < -0.3 is 9.47 Å². The van der Waals surface area contributed by atoms with E-state index in [0.717, 1.165) is 24.2 Å². The lowest BCUT2D eigenvalue weighted by atomic mass is 9.86. The van der Waals surface area contributed by atoms with Gasteiger partial charge in [0.05, 0.1) is 24.9 Å². The number of unbranched alkanes of at least 4 members (excludes halogenated alkanes) is 1. The molecular weight excluding hydrogens is 420 g/mol. The highest BCUT2D eigenvalue weighted by molar-refractivity contribution is 5.39. The van der Waals surface area contributed by atoms with Crippen LogP contribution in [0.4, 0.5) is 17.6 Å². The number of rotatable bonds is 9. The Morgan fingerprint density at radius 2 is 1.84 bits per heavy atom. The van der Waals surface area contributed by atoms with Crippen LogP contribution in [0.15, 0.2) is 49.1 Å². The van der Waals surface area contributed by atoms with Gasteiger partial charge in [0, 0.05) is 5.92 Å². The molecule has 0 spiro atoms. The third kappa shape index (κ3) is 6.12. The first-order chi connectivity index (χ1) is 15.3. The molecule has 2 nitrogen and oxygen atoms in total. The zero-order chi connectivity index (χ0) is 23.1. The molecule has 6 heteroatoms. The van der Waals surface area contributed by atoms with Crippen molar-refractivity contribution in [2.45, 2.75) is 63.6 Å². The first-order valence-electron chi connectivity index (χ1n) is 11.2. The Morgan fingerprint density at radius 3 is 2.44 bits per heavy atom. The quantitative estimate of drug-likeness (QED) is 0.227. The van der Waals surface area contributed by atoms with Gasteiger partial charge in [-0.05, 0) is 60.9 Å². The molecule has 0 aliphatic carbocycles. The second-order valence-electron chi connectivity index (χ2n) is 8.23. The van der Waals surface area contributed by atoms with E-state index in [9.17, 15) is 13.2 Å². The fourth-order valence-electron chi connectivity index (χ4n) is 4.02. The highest BCUT2D eigenvalue weighted by Gasteiger charge is 2.40. The number of aryl methyl sites for hydroxylation is 2. The summed E-state index contributed by atoms with van der Waals surface area (Å²) in [6.07, 6.45) is 0.454. The first-order valence-corrected chi connectivity index (χ1v) is 11.2. The van der Waals surface area contributed by atoms with Crippen molar-refractivity contribution in [3.05, 3.63) is 77.1 Å². The van der Waals surface area contributed by atoms with Crippen molar-refractivity contribution >= 4 is 0 Å². The molecule has 3 rings (SSSR count). The largest absolute Gasteiger partial charge is 0.494 e. The van der Waals surface area contributed by atoms with Gasteiger partial charge in [-0.1, -0.05) is 43.7 Å². The fraction of sp³-hybridized carbons (Fsp3) is 0.462. The van der Waals surface area contributed by atoms with Crippen LogP contribution >= 0.6 is 0 Å². The van der Waals surface area contributed by atoms with Gasteiger partial charge in [0.15, 0.2) is 0 Å². The Bertz CT molecular complexity index is 882. The van der Waals surface area contributed by atoms with Crippen molar-refractivity contribution in [2.24, 2.45) is 0 Å². The van der Waals surface area contributed by atoms with E-state index in [1.54, 1.807) is 6.08 Å². The van der Waals surface area contributed by atoms with E-state index in [1.165, 1.54) is 12.1 Å². The van der Waals surface area contributed by atoms with Gasteiger partial charge >= 0.3 is 6.18 Å². The molecule has 32 heavy (non-hydrogen) atoms. The molecule has 0 aromatic heterocycles. The van der Waals surface area contributed by atoms with Crippen LogP contribution in [0.1, 0.15) is 60.8 Å². The van der Waals surface area contributed by atoms with E-state index in [1.807, 2.05) is 24.3 Å². The van der Waals surface area contributed by atoms with Crippen LogP contribution in [-0.4, -0.2) is 19.3 Å². The molecule has 2 unspecified atom stereocenters. The van der Waals surface area contributed by atoms with Crippen LogP contribution in [0.5, 0.6) is 5.75 Å². The Hall–Kier alpha value is -2.34. The molecule has 2 aromatic rings. The first kappa shape index (κ1) is 24.3. The zero-order valence-electron chi connectivity index (χ0n) is 18.4. The van der Waals surface area contributed by atoms with E-state index >= 15 is 4.39 Å². The van der Waals surface area contributed by atoms with Gasteiger partial charge in [-0.3, -0.25) is 0 Å². The fourth-order valence-corrected chi connectivity index (χ4v) is 4.02. The number of alkyl halides is 3. The molecule has 1 aliphatic rings. The lowest BCUT2D eigenvalue weighted by molar-refractivity contribution is -0.141. The second kappa shape index (κ2) is 11.0. The van der Waals surface area contributed by atoms with Gasteiger partial charge in [-0.15, -0.1) is 6.58 Å². The molecule has 0 amide bonds. The van der Waals surface area contributed by atoms with E-state index < -0.39 is 23.5 Å². The van der Waals surface area contributed by atoms with Crippen LogP contribution in [0, 0.1) is 5.82 Å². The van der Waals surface area contributed by atoms with Crippen LogP contribution < -0.4 is 4.74 Å². The van der Waals surface area contributed by atoms with E-state index in [2.05, 4.69) is 13.5 Å². The average Bonchev–Trinajstić information content (AvgIpc) is 2.78. The van der Waals surface area contributed by atoms with Crippen LogP contribution in [-0.2, 0) is 23.8 Å². The zero-order valence-corrected chi connectivity index (χ0v) is 18.4. The van der Waals surface area contributed by atoms with Crippen LogP contribution in [0.3, 0.4) is 0 Å². The van der Waals surface area contributed by atoms with Crippen LogP contribution in [0.25, 0.3) is 0 Å². The maximum absolute atomic E-state index is 15.1. The molecule has 0 radical (unpaired) electrons. The Kier molecular flexibility index (Phi) is 8.35. The molecule has 0 N–H and O–H groups in total. The summed E-state index contributed by atoms with van der Waals surface area (Å²) in [7, 11) is 0. The Morgan fingerprint density at radius 1 is 1.09 bits per heavy atom. The summed E-state index contributed by atoms with van der Waals surface area (Å²) in [6.45, 7) is 6.52. The summed E-state index contributed by atoms with van der Waals surface area (Å²) < 4.78 is 67.7. The van der Waals surface area contributed by atoms with Crippen molar-refractivity contribution in [3.63, 3.8) is 0 Å². The maximum atomic E-state index is 15.1. The molecule has 2 aromatic carbocycles. The third-order valence-electron chi connectivity index (χ3n) is 5.92. The lowest BCUT2D eigenvalue weighted by Crippen LogP contribution is -2.26. The van der Waals surface area contributed by atoms with Crippen molar-refractivity contribution in [1.29, 1.82) is 0 Å². The minimum Gasteiger partial charge on any atom is -0.494 e. The SMILES string of the molecule is C=CC1CCC(c2ccc(CCc3ccc(OCCCC)cc3)c(F)c2C(F)(F)F)CO1. The van der Waals surface area contributed by atoms with Crippen molar-refractivity contribution in [2.75, 3.05) is 13.2 Å². The van der Waals surface area contributed by atoms with E-state index in [-0.39, 0.29) is 30.3 Å². The highest BCUT2D eigenvalue weighted by Crippen LogP contribution is 2.41. The summed E-state index contributed by atoms with van der Waals surface area (Å²) >= 11 is 0. The summed E-state index contributed by atoms with van der Waals surface area (Å²) in [4.78, 5) is 0. The Labute approximate surface area is 187 Å². The molecule has 0 bridgehead atoms. The molecule has 1 aliphatic heterocycles. The third-order valence-corrected chi connectivity index (χ3v) is 5.92. The van der Waals surface area contributed by atoms with Gasteiger partial charge in [0.2, 0.25) is 0 Å². The lowest BCUT2D eigenvalue weighted by Gasteiger charge is -2.29. The molecule has 1 saturated heterocycles. The molecule has 174 valence electrons. The van der Waals surface area contributed by atoms with Gasteiger partial charge in [0.1, 0.15) is 11.6 Å². The van der Waals surface area contributed by atoms with Gasteiger partial charge in [0.25, 0.3) is 0 Å². The predicted octanol–water partition coefficient (Wildman–Crippen LogP) is 7.26. The maximum Gasteiger partial charge on any atom is 0.419 e. The van der Waals surface area contributed by atoms with Crippen molar-refractivity contribution < 1.29 is 27.0 Å². The number of ether oxygens (including phenoxy) is 2. The topological polar surface area (TPSA) is 18.5 Å². The normalized spacial score (nSPS) is 19.0.